The van der Waals surface area contributed by atoms with Gasteiger partial charge in [0.05, 0.1) is 6.10 Å². The van der Waals surface area contributed by atoms with Gasteiger partial charge in [0.15, 0.2) is 0 Å². The minimum Gasteiger partial charge on any atom is -0.388 e. The molecule has 0 aliphatic carbocycles. The average Bonchev–Trinajstić information content (AvgIpc) is 2.59. The highest BCUT2D eigenvalue weighted by atomic mass is 35.5. The van der Waals surface area contributed by atoms with Crippen LogP contribution in [0.15, 0.2) is 0 Å². The monoisotopic (exact) mass is 235 g/mol. The fourth-order valence-electron chi connectivity index (χ4n) is 1.69. The van der Waals surface area contributed by atoms with E-state index in [1.165, 1.54) is 0 Å². The molecular weight excluding hydrogens is 218 g/mol. The van der Waals surface area contributed by atoms with E-state index in [0.29, 0.717) is 26.1 Å². The number of hydrogen-bond acceptors (Lipinski definition) is 3. The van der Waals surface area contributed by atoms with Gasteiger partial charge in [-0.1, -0.05) is 6.92 Å². The number of nitrogens with zero attached hydrogens (tertiary/aromatic N) is 1. The Morgan fingerprint density at radius 1 is 1.60 bits per heavy atom. The van der Waals surface area contributed by atoms with Gasteiger partial charge in [-0.05, 0) is 13.3 Å². The Balaban J connectivity index is 2.50. The second kappa shape index (κ2) is 5.68. The molecule has 0 radical (unpaired) electrons. The Kier molecular flexibility index (Phi) is 4.83. The van der Waals surface area contributed by atoms with E-state index in [1.54, 1.807) is 4.90 Å². The molecule has 0 saturated carbocycles. The summed E-state index contributed by atoms with van der Waals surface area (Å²) >= 11 is 5.85. The topological polar surface area (TPSA) is 49.8 Å². The maximum atomic E-state index is 11.7. The zero-order valence-corrected chi connectivity index (χ0v) is 9.91. The molecule has 4 nitrogen and oxygen atoms in total. The predicted molar refractivity (Wildman–Crippen MR) is 57.9 cm³/mol. The molecule has 0 unspecified atom stereocenters. The normalized spacial score (nSPS) is 28.1. The third-order valence-electron chi connectivity index (χ3n) is 2.56. The number of carbonyl (C=O) groups excluding carboxylic acids is 1. The molecule has 0 aromatic carbocycles. The molecule has 15 heavy (non-hydrogen) atoms. The maximum Gasteiger partial charge on any atom is 0.240 e. The van der Waals surface area contributed by atoms with E-state index < -0.39 is 11.5 Å². The van der Waals surface area contributed by atoms with Crippen molar-refractivity contribution in [2.24, 2.45) is 0 Å². The van der Waals surface area contributed by atoms with Gasteiger partial charge in [-0.3, -0.25) is 4.79 Å². The number of β-amino-alcohol motifs (C(OH)–C–C–N with tert-alkyl or cyclic N) is 1. The summed E-state index contributed by atoms with van der Waals surface area (Å²) in [7, 11) is 0. The van der Waals surface area contributed by atoms with Crippen molar-refractivity contribution in [2.45, 2.75) is 37.9 Å². The van der Waals surface area contributed by atoms with Crippen LogP contribution in [0.5, 0.6) is 0 Å². The highest BCUT2D eigenvalue weighted by Crippen LogP contribution is 2.17. The first-order valence-electron chi connectivity index (χ1n) is 5.32. The molecule has 0 aromatic heterocycles. The molecule has 88 valence electrons. The summed E-state index contributed by atoms with van der Waals surface area (Å²) in [4.78, 5) is 13.3. The number of halogens is 1. The van der Waals surface area contributed by atoms with Gasteiger partial charge in [0, 0.05) is 19.7 Å². The van der Waals surface area contributed by atoms with Gasteiger partial charge in [-0.2, -0.15) is 0 Å². The molecule has 3 atom stereocenters. The van der Waals surface area contributed by atoms with Crippen molar-refractivity contribution >= 4 is 17.5 Å². The van der Waals surface area contributed by atoms with Crippen LogP contribution in [0.4, 0.5) is 0 Å². The lowest BCUT2D eigenvalue weighted by molar-refractivity contribution is -0.130. The molecule has 0 bridgehead atoms. The molecule has 1 aliphatic rings. The Hall–Kier alpha value is -0.320. The highest BCUT2D eigenvalue weighted by molar-refractivity contribution is 6.30. The van der Waals surface area contributed by atoms with E-state index in [9.17, 15) is 9.90 Å². The molecule has 1 rings (SSSR count). The Morgan fingerprint density at radius 3 is 2.80 bits per heavy atom. The number of amides is 1. The summed E-state index contributed by atoms with van der Waals surface area (Å²) in [5.41, 5.74) is 0. The van der Waals surface area contributed by atoms with E-state index in [4.69, 9.17) is 16.3 Å². The van der Waals surface area contributed by atoms with Crippen molar-refractivity contribution in [1.29, 1.82) is 0 Å². The van der Waals surface area contributed by atoms with Gasteiger partial charge in [0.1, 0.15) is 11.5 Å². The number of aliphatic hydroxyl groups is 1. The van der Waals surface area contributed by atoms with E-state index in [0.717, 1.165) is 0 Å². The zero-order valence-electron chi connectivity index (χ0n) is 9.15. The Morgan fingerprint density at radius 2 is 2.27 bits per heavy atom. The average molecular weight is 236 g/mol. The van der Waals surface area contributed by atoms with Crippen LogP contribution in [-0.2, 0) is 9.53 Å². The Bertz CT molecular complexity index is 225. The second-order valence-corrected chi connectivity index (χ2v) is 4.21. The molecule has 1 saturated heterocycles. The summed E-state index contributed by atoms with van der Waals surface area (Å²) in [6.45, 7) is 5.04. The molecule has 1 amide bonds. The van der Waals surface area contributed by atoms with Crippen LogP contribution in [0.2, 0.25) is 0 Å². The number of carbonyl (C=O) groups is 1. The number of rotatable bonds is 4. The van der Waals surface area contributed by atoms with E-state index in [2.05, 4.69) is 0 Å². The fourth-order valence-corrected chi connectivity index (χ4v) is 1.83. The van der Waals surface area contributed by atoms with Crippen molar-refractivity contribution in [3.05, 3.63) is 0 Å². The maximum absolute atomic E-state index is 11.7. The molecule has 0 aromatic rings. The first-order chi connectivity index (χ1) is 7.10. The van der Waals surface area contributed by atoms with Crippen molar-refractivity contribution in [1.82, 2.24) is 4.90 Å². The number of aliphatic hydroxyl groups excluding tert-OH is 1. The lowest BCUT2D eigenvalue weighted by atomic mass is 10.3. The van der Waals surface area contributed by atoms with E-state index in [-0.39, 0.29) is 12.0 Å². The standard InChI is InChI=1S/C10H18ClNO3/c1-3-7(11)10(14)12-5-8(13)9(6-12)15-4-2/h7-9,13H,3-6H2,1-2H3/t7-,8-,9+/m0/s1. The summed E-state index contributed by atoms with van der Waals surface area (Å²) in [5, 5.41) is 9.14. The first-order valence-corrected chi connectivity index (χ1v) is 5.76. The first kappa shape index (κ1) is 12.7. The van der Waals surface area contributed by atoms with Crippen molar-refractivity contribution in [3.8, 4) is 0 Å². The number of hydrogen-bond donors (Lipinski definition) is 1. The van der Waals surface area contributed by atoms with Crippen LogP contribution in [0.1, 0.15) is 20.3 Å². The predicted octanol–water partition coefficient (Wildman–Crippen LogP) is 0.612. The van der Waals surface area contributed by atoms with Crippen LogP contribution in [0.3, 0.4) is 0 Å². The highest BCUT2D eigenvalue weighted by Gasteiger charge is 2.35. The quantitative estimate of drug-likeness (QED) is 0.727. The van der Waals surface area contributed by atoms with Gasteiger partial charge < -0.3 is 14.7 Å². The van der Waals surface area contributed by atoms with Crippen LogP contribution in [0.25, 0.3) is 0 Å². The lowest BCUT2D eigenvalue weighted by Gasteiger charge is -2.18. The third kappa shape index (κ3) is 3.06. The van der Waals surface area contributed by atoms with Crippen LogP contribution in [-0.4, -0.2) is 53.2 Å². The Labute approximate surface area is 95.2 Å². The van der Waals surface area contributed by atoms with Gasteiger partial charge in [0.2, 0.25) is 5.91 Å². The fraction of sp³-hybridized carbons (Fsp3) is 0.900. The molecule has 1 N–H and O–H groups in total. The van der Waals surface area contributed by atoms with Crippen LogP contribution < -0.4 is 0 Å². The van der Waals surface area contributed by atoms with Gasteiger partial charge in [0.25, 0.3) is 0 Å². The van der Waals surface area contributed by atoms with Crippen molar-refractivity contribution in [3.63, 3.8) is 0 Å². The minimum atomic E-state index is -0.588. The lowest BCUT2D eigenvalue weighted by Crippen LogP contribution is -2.35. The molecule has 1 aliphatic heterocycles. The van der Waals surface area contributed by atoms with E-state index >= 15 is 0 Å². The number of ether oxygens (including phenoxy) is 1. The third-order valence-corrected chi connectivity index (χ3v) is 3.05. The number of alkyl halides is 1. The summed E-state index contributed by atoms with van der Waals surface area (Å²) in [6.07, 6.45) is -0.249. The smallest absolute Gasteiger partial charge is 0.240 e. The van der Waals surface area contributed by atoms with Gasteiger partial charge in [-0.15, -0.1) is 11.6 Å². The van der Waals surface area contributed by atoms with E-state index in [1.807, 2.05) is 13.8 Å². The SMILES string of the molecule is CCO[C@@H]1CN(C(=O)[C@@H](Cl)CC)C[C@@H]1O. The zero-order chi connectivity index (χ0) is 11.4. The van der Waals surface area contributed by atoms with Crippen LogP contribution in [0, 0.1) is 0 Å². The van der Waals surface area contributed by atoms with Gasteiger partial charge >= 0.3 is 0 Å². The summed E-state index contributed by atoms with van der Waals surface area (Å²) in [5.74, 6) is -0.111. The second-order valence-electron chi connectivity index (χ2n) is 3.68. The summed E-state index contributed by atoms with van der Waals surface area (Å²) in [6, 6.07) is 0. The molecule has 1 heterocycles. The molecule has 0 spiro atoms. The largest absolute Gasteiger partial charge is 0.388 e. The molecule has 5 heteroatoms. The van der Waals surface area contributed by atoms with Crippen LogP contribution >= 0.6 is 11.6 Å². The summed E-state index contributed by atoms with van der Waals surface area (Å²) < 4.78 is 5.32. The van der Waals surface area contributed by atoms with Crippen molar-refractivity contribution < 1.29 is 14.6 Å². The molecular formula is C10H18ClNO3. The number of likely N-dealkylation sites (tertiary alicyclic amines) is 1. The van der Waals surface area contributed by atoms with Crippen molar-refractivity contribution in [2.75, 3.05) is 19.7 Å². The minimum absolute atomic E-state index is 0.111. The van der Waals surface area contributed by atoms with Gasteiger partial charge in [-0.25, -0.2) is 0 Å². The molecule has 1 fully saturated rings.